The zero-order chi connectivity index (χ0) is 11.7. The zero-order valence-corrected chi connectivity index (χ0v) is 10.5. The first-order valence-electron chi connectivity index (χ1n) is 6.79. The highest BCUT2D eigenvalue weighted by Crippen LogP contribution is 2.29. The van der Waals surface area contributed by atoms with Gasteiger partial charge in [0.15, 0.2) is 0 Å². The van der Waals surface area contributed by atoms with Crippen LogP contribution in [0, 0.1) is 0 Å². The Morgan fingerprint density at radius 3 is 3.18 bits per heavy atom. The summed E-state index contributed by atoms with van der Waals surface area (Å²) in [5.74, 6) is 0. The Morgan fingerprint density at radius 1 is 1.47 bits per heavy atom. The normalized spacial score (nSPS) is 24.6. The summed E-state index contributed by atoms with van der Waals surface area (Å²) >= 11 is 0. The van der Waals surface area contributed by atoms with E-state index in [1.165, 1.54) is 36.2 Å². The predicted octanol–water partition coefficient (Wildman–Crippen LogP) is 1.79. The highest BCUT2D eigenvalue weighted by Gasteiger charge is 2.26. The third-order valence-electron chi connectivity index (χ3n) is 3.87. The van der Waals surface area contributed by atoms with E-state index in [9.17, 15) is 0 Å². The molecule has 2 aliphatic rings. The van der Waals surface area contributed by atoms with E-state index in [-0.39, 0.29) is 0 Å². The molecule has 3 rings (SSSR count). The second-order valence-corrected chi connectivity index (χ2v) is 4.93. The van der Waals surface area contributed by atoms with Crippen LogP contribution in [-0.4, -0.2) is 22.9 Å². The van der Waals surface area contributed by atoms with E-state index in [2.05, 4.69) is 16.9 Å². The fourth-order valence-electron chi connectivity index (χ4n) is 2.96. The molecule has 0 saturated carbocycles. The Balaban J connectivity index is 1.95. The first-order chi connectivity index (χ1) is 8.40. The van der Waals surface area contributed by atoms with Crippen LogP contribution in [0.4, 0.5) is 0 Å². The van der Waals surface area contributed by atoms with Crippen LogP contribution >= 0.6 is 0 Å². The molecule has 2 aliphatic heterocycles. The summed E-state index contributed by atoms with van der Waals surface area (Å²) in [6.07, 6.45) is 4.84. The summed E-state index contributed by atoms with van der Waals surface area (Å²) in [4.78, 5) is 0. The van der Waals surface area contributed by atoms with Crippen molar-refractivity contribution >= 4 is 0 Å². The number of rotatable bonds is 2. The zero-order valence-electron chi connectivity index (χ0n) is 10.5. The van der Waals surface area contributed by atoms with E-state index in [4.69, 9.17) is 9.84 Å². The van der Waals surface area contributed by atoms with Crippen molar-refractivity contribution in [3.05, 3.63) is 17.0 Å². The van der Waals surface area contributed by atoms with Gasteiger partial charge in [-0.15, -0.1) is 0 Å². The molecule has 1 aromatic rings. The van der Waals surface area contributed by atoms with Gasteiger partial charge in [0, 0.05) is 24.2 Å². The number of nitrogens with one attached hydrogen (secondary N) is 1. The molecule has 3 heterocycles. The predicted molar refractivity (Wildman–Crippen MR) is 65.9 cm³/mol. The number of nitrogens with zero attached hydrogens (tertiary/aromatic N) is 2. The van der Waals surface area contributed by atoms with Crippen molar-refractivity contribution in [2.24, 2.45) is 0 Å². The average Bonchev–Trinajstić information content (AvgIpc) is 2.78. The van der Waals surface area contributed by atoms with Crippen molar-refractivity contribution in [3.8, 4) is 0 Å². The number of hydrogen-bond acceptors (Lipinski definition) is 3. The van der Waals surface area contributed by atoms with Gasteiger partial charge in [0.2, 0.25) is 0 Å². The lowest BCUT2D eigenvalue weighted by molar-refractivity contribution is 0.108. The highest BCUT2D eigenvalue weighted by atomic mass is 16.5. The molecule has 17 heavy (non-hydrogen) atoms. The van der Waals surface area contributed by atoms with Crippen LogP contribution in [0.3, 0.4) is 0 Å². The van der Waals surface area contributed by atoms with Gasteiger partial charge in [0.05, 0.1) is 24.9 Å². The van der Waals surface area contributed by atoms with Crippen LogP contribution in [0.15, 0.2) is 0 Å². The Labute approximate surface area is 102 Å². The van der Waals surface area contributed by atoms with Crippen LogP contribution in [0.2, 0.25) is 0 Å². The Morgan fingerprint density at radius 2 is 2.41 bits per heavy atom. The molecule has 0 aliphatic carbocycles. The smallest absolute Gasteiger partial charge is 0.0852 e. The summed E-state index contributed by atoms with van der Waals surface area (Å²) in [6, 6.07) is 0.451. The topological polar surface area (TPSA) is 39.1 Å². The van der Waals surface area contributed by atoms with Gasteiger partial charge in [-0.2, -0.15) is 5.10 Å². The minimum Gasteiger partial charge on any atom is -0.376 e. The van der Waals surface area contributed by atoms with Crippen molar-refractivity contribution in [2.45, 2.75) is 51.8 Å². The van der Waals surface area contributed by atoms with Crippen LogP contribution in [-0.2, 0) is 24.3 Å². The van der Waals surface area contributed by atoms with Gasteiger partial charge in [-0.05, 0) is 26.3 Å². The Kier molecular flexibility index (Phi) is 3.16. The largest absolute Gasteiger partial charge is 0.376 e. The molecule has 0 amide bonds. The quantitative estimate of drug-likeness (QED) is 0.849. The third-order valence-corrected chi connectivity index (χ3v) is 3.87. The van der Waals surface area contributed by atoms with Gasteiger partial charge in [-0.1, -0.05) is 6.42 Å². The fraction of sp³-hybridized carbons (Fsp3) is 0.769. The minimum absolute atomic E-state index is 0.451. The van der Waals surface area contributed by atoms with Crippen LogP contribution in [0.5, 0.6) is 0 Å². The molecule has 1 fully saturated rings. The van der Waals surface area contributed by atoms with Gasteiger partial charge >= 0.3 is 0 Å². The third kappa shape index (κ3) is 2.00. The lowest BCUT2D eigenvalue weighted by Gasteiger charge is -2.23. The Bertz CT molecular complexity index is 394. The summed E-state index contributed by atoms with van der Waals surface area (Å²) in [7, 11) is 0. The number of ether oxygens (including phenoxy) is 1. The number of piperidine rings is 1. The van der Waals surface area contributed by atoms with Crippen molar-refractivity contribution in [1.29, 1.82) is 0 Å². The molecular formula is C13H21N3O. The number of fused-ring (bicyclic) bond motifs is 1. The van der Waals surface area contributed by atoms with Crippen molar-refractivity contribution in [3.63, 3.8) is 0 Å². The molecule has 4 heteroatoms. The van der Waals surface area contributed by atoms with Gasteiger partial charge < -0.3 is 10.1 Å². The van der Waals surface area contributed by atoms with Gasteiger partial charge in [-0.25, -0.2) is 0 Å². The van der Waals surface area contributed by atoms with E-state index in [1.54, 1.807) is 0 Å². The molecule has 0 aromatic carbocycles. The van der Waals surface area contributed by atoms with Crippen molar-refractivity contribution in [2.75, 3.05) is 13.2 Å². The summed E-state index contributed by atoms with van der Waals surface area (Å²) in [5, 5.41) is 8.40. The molecule has 0 bridgehead atoms. The highest BCUT2D eigenvalue weighted by molar-refractivity contribution is 5.30. The second kappa shape index (κ2) is 4.78. The molecule has 4 nitrogen and oxygen atoms in total. The molecule has 94 valence electrons. The molecule has 1 aromatic heterocycles. The summed E-state index contributed by atoms with van der Waals surface area (Å²) in [6.45, 7) is 5.86. The monoisotopic (exact) mass is 235 g/mol. The van der Waals surface area contributed by atoms with Gasteiger partial charge in [0.25, 0.3) is 0 Å². The number of aryl methyl sites for hydroxylation is 1. The SMILES string of the molecule is CCn1nc([C@H]2CCCCN2)c2c1CCOC2. The molecule has 0 radical (unpaired) electrons. The molecule has 1 N–H and O–H groups in total. The van der Waals surface area contributed by atoms with Gasteiger partial charge in [-0.3, -0.25) is 4.68 Å². The minimum atomic E-state index is 0.451. The van der Waals surface area contributed by atoms with Gasteiger partial charge in [0.1, 0.15) is 0 Å². The van der Waals surface area contributed by atoms with E-state index >= 15 is 0 Å². The lowest BCUT2D eigenvalue weighted by Crippen LogP contribution is -2.28. The number of hydrogen-bond donors (Lipinski definition) is 1. The molecule has 1 atom stereocenters. The van der Waals surface area contributed by atoms with E-state index in [0.29, 0.717) is 6.04 Å². The maximum Gasteiger partial charge on any atom is 0.0852 e. The maximum atomic E-state index is 5.60. The van der Waals surface area contributed by atoms with E-state index < -0.39 is 0 Å². The average molecular weight is 235 g/mol. The maximum absolute atomic E-state index is 5.60. The first kappa shape index (κ1) is 11.2. The molecule has 0 unspecified atom stereocenters. The van der Waals surface area contributed by atoms with Crippen LogP contribution in [0.25, 0.3) is 0 Å². The molecule has 0 spiro atoms. The first-order valence-corrected chi connectivity index (χ1v) is 6.79. The Hall–Kier alpha value is -0.870. The van der Waals surface area contributed by atoms with E-state index in [0.717, 1.165) is 32.7 Å². The van der Waals surface area contributed by atoms with Crippen molar-refractivity contribution in [1.82, 2.24) is 15.1 Å². The number of aromatic nitrogens is 2. The van der Waals surface area contributed by atoms with Crippen LogP contribution < -0.4 is 5.32 Å². The fourth-order valence-corrected chi connectivity index (χ4v) is 2.96. The van der Waals surface area contributed by atoms with Crippen LogP contribution in [0.1, 0.15) is 49.2 Å². The second-order valence-electron chi connectivity index (χ2n) is 4.93. The summed E-state index contributed by atoms with van der Waals surface area (Å²) < 4.78 is 7.77. The standard InChI is InChI=1S/C13H21N3O/c1-2-16-12-6-8-17-9-10(12)13(15-16)11-5-3-4-7-14-11/h11,14H,2-9H2,1H3/t11-/m1/s1. The molecular weight excluding hydrogens is 214 g/mol. The summed E-state index contributed by atoms with van der Waals surface area (Å²) in [5.41, 5.74) is 4.01. The molecule has 1 saturated heterocycles. The lowest BCUT2D eigenvalue weighted by atomic mass is 9.97. The van der Waals surface area contributed by atoms with Crippen molar-refractivity contribution < 1.29 is 4.74 Å². The van der Waals surface area contributed by atoms with E-state index in [1.807, 2.05) is 0 Å².